The van der Waals surface area contributed by atoms with Gasteiger partial charge in [0.1, 0.15) is 5.69 Å². The highest BCUT2D eigenvalue weighted by Gasteiger charge is 2.30. The summed E-state index contributed by atoms with van der Waals surface area (Å²) in [6.45, 7) is 18.1. The van der Waals surface area contributed by atoms with Crippen LogP contribution in [0.1, 0.15) is 56.0 Å². The Morgan fingerprint density at radius 2 is 2.05 bits per heavy atom. The average molecular weight is 494 g/mol. The van der Waals surface area contributed by atoms with Crippen LogP contribution in [0.5, 0.6) is 0 Å². The molecule has 1 aromatic carbocycles. The second-order valence-electron chi connectivity index (χ2n) is 9.40. The smallest absolute Gasteiger partial charge is 0.155 e. The van der Waals surface area contributed by atoms with Crippen molar-refractivity contribution < 1.29 is 0 Å². The van der Waals surface area contributed by atoms with Gasteiger partial charge in [0, 0.05) is 36.8 Å². The Bertz CT molecular complexity index is 1350. The van der Waals surface area contributed by atoms with Gasteiger partial charge in [0.2, 0.25) is 0 Å². The average Bonchev–Trinajstić information content (AvgIpc) is 3.16. The minimum atomic E-state index is 0.208. The number of nitrogens with one attached hydrogen (secondary N) is 1. The minimum Gasteiger partial charge on any atom is -0.382 e. The molecule has 0 saturated carbocycles. The van der Waals surface area contributed by atoms with Gasteiger partial charge in [-0.15, -0.1) is 0 Å². The van der Waals surface area contributed by atoms with Crippen LogP contribution in [-0.2, 0) is 6.42 Å². The van der Waals surface area contributed by atoms with E-state index >= 15 is 0 Å². The Balaban J connectivity index is 1.69. The number of nitrogens with zero attached hydrogens (tertiary/aromatic N) is 5. The number of aromatic nitrogens is 2. The van der Waals surface area contributed by atoms with Crippen LogP contribution >= 0.6 is 0 Å². The molecule has 0 aliphatic carbocycles. The molecule has 7 nitrogen and oxygen atoms in total. The number of benzene rings is 1. The summed E-state index contributed by atoms with van der Waals surface area (Å²) in [6, 6.07) is 10.9. The second kappa shape index (κ2) is 11.2. The first kappa shape index (κ1) is 25.8. The van der Waals surface area contributed by atoms with E-state index in [1.165, 1.54) is 0 Å². The zero-order valence-corrected chi connectivity index (χ0v) is 21.8. The van der Waals surface area contributed by atoms with Crippen molar-refractivity contribution in [2.24, 2.45) is 15.8 Å². The number of hydrogen-bond donors (Lipinski definition) is 2. The van der Waals surface area contributed by atoms with Crippen LogP contribution in [0.4, 0.5) is 0 Å². The maximum Gasteiger partial charge on any atom is 0.155 e. The van der Waals surface area contributed by atoms with Gasteiger partial charge < -0.3 is 10.6 Å². The fourth-order valence-electron chi connectivity index (χ4n) is 4.89. The van der Waals surface area contributed by atoms with E-state index < -0.39 is 0 Å². The van der Waals surface area contributed by atoms with E-state index in [2.05, 4.69) is 75.1 Å². The maximum absolute atomic E-state index is 6.40. The summed E-state index contributed by atoms with van der Waals surface area (Å²) >= 11 is 0. The molecule has 0 bridgehead atoms. The Morgan fingerprint density at radius 3 is 2.73 bits per heavy atom. The van der Waals surface area contributed by atoms with Crippen LogP contribution in [0.3, 0.4) is 0 Å². The molecule has 1 saturated heterocycles. The first-order valence-electron chi connectivity index (χ1n) is 12.6. The fourth-order valence-corrected chi connectivity index (χ4v) is 4.89. The van der Waals surface area contributed by atoms with E-state index in [1.54, 1.807) is 0 Å². The molecule has 190 valence electrons. The van der Waals surface area contributed by atoms with Gasteiger partial charge in [-0.2, -0.15) is 10.2 Å². The zero-order chi connectivity index (χ0) is 26.5. The second-order valence-corrected chi connectivity index (χ2v) is 9.40. The quantitative estimate of drug-likeness (QED) is 0.323. The van der Waals surface area contributed by atoms with Crippen LogP contribution in [0.15, 0.2) is 77.5 Å². The van der Waals surface area contributed by atoms with Crippen molar-refractivity contribution in [3.8, 4) is 23.7 Å². The van der Waals surface area contributed by atoms with Crippen LogP contribution < -0.4 is 11.2 Å². The van der Waals surface area contributed by atoms with Gasteiger partial charge in [-0.25, -0.2) is 4.99 Å². The van der Waals surface area contributed by atoms with Gasteiger partial charge in [0.05, 0.1) is 28.7 Å². The minimum absolute atomic E-state index is 0.208. The number of hydrazone groups is 1. The molecule has 0 spiro atoms. The highest BCUT2D eigenvalue weighted by Crippen LogP contribution is 2.35. The van der Waals surface area contributed by atoms with Crippen molar-refractivity contribution in [1.29, 1.82) is 0 Å². The van der Waals surface area contributed by atoms with Gasteiger partial charge in [-0.3, -0.25) is 10.1 Å². The summed E-state index contributed by atoms with van der Waals surface area (Å²) in [7, 11) is 0. The lowest BCUT2D eigenvalue weighted by atomic mass is 9.98. The first-order valence-corrected chi connectivity index (χ1v) is 12.6. The molecule has 2 aliphatic rings. The number of fused-ring (bicyclic) bond motifs is 1. The third-order valence-corrected chi connectivity index (χ3v) is 7.14. The third kappa shape index (κ3) is 5.29. The lowest BCUT2D eigenvalue weighted by Crippen LogP contribution is -2.27. The van der Waals surface area contributed by atoms with E-state index in [4.69, 9.17) is 17.3 Å². The molecule has 1 aromatic heterocycles. The summed E-state index contributed by atoms with van der Waals surface area (Å²) in [5.41, 5.74) is 17.6. The third-order valence-electron chi connectivity index (χ3n) is 7.14. The van der Waals surface area contributed by atoms with Crippen molar-refractivity contribution in [3.63, 3.8) is 0 Å². The fraction of sp³-hybridized carbons (Fsp3) is 0.300. The monoisotopic (exact) mass is 493 g/mol. The zero-order valence-electron chi connectivity index (χ0n) is 21.8. The maximum atomic E-state index is 6.40. The van der Waals surface area contributed by atoms with Gasteiger partial charge in [-0.1, -0.05) is 56.5 Å². The molecule has 2 aliphatic heterocycles. The van der Waals surface area contributed by atoms with E-state index in [1.807, 2.05) is 26.0 Å². The molecular formula is C30H35N7. The topological polar surface area (TPSA) is 83.8 Å². The van der Waals surface area contributed by atoms with E-state index in [0.717, 1.165) is 77.4 Å². The van der Waals surface area contributed by atoms with Crippen molar-refractivity contribution in [2.75, 3.05) is 13.1 Å². The van der Waals surface area contributed by atoms with E-state index in [-0.39, 0.29) is 6.04 Å². The van der Waals surface area contributed by atoms with Gasteiger partial charge >= 0.3 is 0 Å². The Labute approximate surface area is 219 Å². The van der Waals surface area contributed by atoms with Crippen molar-refractivity contribution >= 4 is 17.2 Å². The number of nitrogens with two attached hydrogens (primary N) is 1. The summed E-state index contributed by atoms with van der Waals surface area (Å²) in [6.07, 6.45) is 12.9. The molecule has 4 rings (SSSR count). The highest BCUT2D eigenvalue weighted by atomic mass is 15.4. The van der Waals surface area contributed by atoms with Gasteiger partial charge in [-0.05, 0) is 50.3 Å². The van der Waals surface area contributed by atoms with Crippen LogP contribution in [0.2, 0.25) is 0 Å². The number of likely N-dealkylation sites (tertiary alicyclic amines) is 1. The molecule has 0 radical (unpaired) electrons. The van der Waals surface area contributed by atoms with Gasteiger partial charge in [0.15, 0.2) is 5.84 Å². The number of aliphatic imine (C=N–C) groups is 1. The summed E-state index contributed by atoms with van der Waals surface area (Å²) in [4.78, 5) is 6.52. The molecule has 3 N–H and O–H groups in total. The Hall–Kier alpha value is -4.31. The van der Waals surface area contributed by atoms with Gasteiger partial charge in [0.25, 0.3) is 0 Å². The van der Waals surface area contributed by atoms with E-state index in [9.17, 15) is 0 Å². The summed E-state index contributed by atoms with van der Waals surface area (Å²) in [5.74, 6) is 0.412. The van der Waals surface area contributed by atoms with E-state index in [0.29, 0.717) is 18.0 Å². The number of rotatable bonds is 7. The SMILES string of the molecule is C#CN=C(Cc1ccc(-c2nn([C@@H]3CCCN(C(=C)C=C)CC3)c3c2C(N)=NNC3=C)cc1)/C(C)=C\C. The molecule has 7 heteroatoms. The Morgan fingerprint density at radius 1 is 1.30 bits per heavy atom. The number of terminal acetylenes is 1. The molecular weight excluding hydrogens is 458 g/mol. The van der Waals surface area contributed by atoms with Crippen molar-refractivity contribution in [3.05, 3.63) is 84.2 Å². The molecule has 0 amide bonds. The summed E-state index contributed by atoms with van der Waals surface area (Å²) in [5, 5.41) is 9.40. The van der Waals surface area contributed by atoms with Crippen molar-refractivity contribution in [2.45, 2.75) is 45.6 Å². The predicted octanol–water partition coefficient (Wildman–Crippen LogP) is 5.01. The molecule has 1 atom stereocenters. The molecule has 2 aromatic rings. The van der Waals surface area contributed by atoms with Crippen molar-refractivity contribution in [1.82, 2.24) is 20.1 Å². The highest BCUT2D eigenvalue weighted by molar-refractivity contribution is 6.07. The molecule has 3 heterocycles. The Kier molecular flexibility index (Phi) is 7.78. The van der Waals surface area contributed by atoms with Crippen LogP contribution in [0.25, 0.3) is 17.0 Å². The first-order chi connectivity index (χ1) is 17.9. The molecule has 37 heavy (non-hydrogen) atoms. The van der Waals surface area contributed by atoms with Crippen LogP contribution in [-0.4, -0.2) is 39.3 Å². The lowest BCUT2D eigenvalue weighted by Gasteiger charge is -2.23. The molecule has 0 unspecified atom stereocenters. The summed E-state index contributed by atoms with van der Waals surface area (Å²) < 4.78 is 2.10. The number of allylic oxidation sites excluding steroid dienone is 3. The predicted molar refractivity (Wildman–Crippen MR) is 154 cm³/mol. The molecule has 1 fully saturated rings. The largest absolute Gasteiger partial charge is 0.382 e. The normalized spacial score (nSPS) is 18.3. The number of hydrogen-bond acceptors (Lipinski definition) is 6. The standard InChI is InChI=1S/C30H35N7/c1-7-20(4)26(32-9-3)19-23-12-14-24(15-13-23)28-27-29(22(6)33-34-30(27)31)37(35-28)25-11-10-17-36(18-16-25)21(5)8-2/h3,7-8,12-15,25,33H,2,5-6,10-11,16-19H2,1,4H3,(H2,31,34)/b20-7-,32-26?/t25-/m1/s1. The number of amidine groups is 1. The lowest BCUT2D eigenvalue weighted by molar-refractivity contribution is 0.354. The van der Waals surface area contributed by atoms with Crippen LogP contribution in [0, 0.1) is 12.5 Å².